The second kappa shape index (κ2) is 6.28. The number of aliphatic hydroxyl groups excluding tert-OH is 1. The maximum atomic E-state index is 12.4. The lowest BCUT2D eigenvalue weighted by Gasteiger charge is -2.16. The van der Waals surface area contributed by atoms with E-state index in [-0.39, 0.29) is 23.3 Å². The average Bonchev–Trinajstić information content (AvgIpc) is 2.66. The third-order valence-corrected chi connectivity index (χ3v) is 5.58. The summed E-state index contributed by atoms with van der Waals surface area (Å²) in [6.07, 6.45) is 5.04. The van der Waals surface area contributed by atoms with Crippen LogP contribution in [0.25, 0.3) is 0 Å². The highest BCUT2D eigenvalue weighted by Crippen LogP contribution is 2.25. The van der Waals surface area contributed by atoms with Gasteiger partial charge in [0.25, 0.3) is 0 Å². The number of hydrogen-bond acceptors (Lipinski definition) is 4. The molecule has 2 rings (SSSR count). The first-order chi connectivity index (χ1) is 9.42. The molecule has 2 unspecified atom stereocenters. The number of rotatable bonds is 4. The molecule has 1 fully saturated rings. The van der Waals surface area contributed by atoms with Gasteiger partial charge in [0.15, 0.2) is 0 Å². The molecule has 2 atom stereocenters. The Hall–Kier alpha value is -0.850. The molecule has 1 aromatic rings. The van der Waals surface area contributed by atoms with Crippen molar-refractivity contribution in [1.82, 2.24) is 4.72 Å². The average molecular weight is 301 g/mol. The fourth-order valence-electron chi connectivity index (χ4n) is 2.76. The summed E-state index contributed by atoms with van der Waals surface area (Å²) in [7, 11) is -3.57. The van der Waals surface area contributed by atoms with E-state index in [1.807, 2.05) is 0 Å². The first-order valence-corrected chi connectivity index (χ1v) is 8.63. The van der Waals surface area contributed by atoms with Crippen molar-refractivity contribution >= 4 is 10.0 Å². The Balaban J connectivity index is 2.12. The second-order valence-corrected chi connectivity index (χ2v) is 7.41. The van der Waals surface area contributed by atoms with Crippen molar-refractivity contribution in [3.05, 3.63) is 17.6 Å². The summed E-state index contributed by atoms with van der Waals surface area (Å²) in [6, 6.07) is 1.40. The molecule has 0 saturated heterocycles. The lowest BCUT2D eigenvalue weighted by atomic mass is 10.0. The van der Waals surface area contributed by atoms with Gasteiger partial charge >= 0.3 is 0 Å². The molecule has 0 amide bonds. The summed E-state index contributed by atoms with van der Waals surface area (Å²) in [5, 5.41) is 9.02. The van der Waals surface area contributed by atoms with Gasteiger partial charge in [-0.2, -0.15) is 0 Å². The number of nitrogens with one attached hydrogen (secondary N) is 1. The zero-order valence-electron chi connectivity index (χ0n) is 12.1. The van der Waals surface area contributed by atoms with Gasteiger partial charge in [0, 0.05) is 12.1 Å². The van der Waals surface area contributed by atoms with E-state index < -0.39 is 10.0 Å². The van der Waals surface area contributed by atoms with Crippen LogP contribution >= 0.6 is 0 Å². The van der Waals surface area contributed by atoms with Gasteiger partial charge in [0.05, 0.1) is 0 Å². The lowest BCUT2D eigenvalue weighted by molar-refractivity contribution is 0.244. The topological polar surface area (TPSA) is 79.5 Å². The summed E-state index contributed by atoms with van der Waals surface area (Å²) < 4.78 is 32.8. The first-order valence-electron chi connectivity index (χ1n) is 7.15. The summed E-state index contributed by atoms with van der Waals surface area (Å²) in [6.45, 7) is 3.52. The highest BCUT2D eigenvalue weighted by atomic mass is 32.2. The molecule has 1 heterocycles. The van der Waals surface area contributed by atoms with E-state index in [1.165, 1.54) is 6.07 Å². The standard InChI is InChI=1S/C14H23NO4S/c1-10-4-3-5-12(7-6-10)15-20(17,18)14-8-13(9-16)19-11(14)2/h8,10,12,15-16H,3-7,9H2,1-2H3. The van der Waals surface area contributed by atoms with Crippen molar-refractivity contribution in [2.24, 2.45) is 5.92 Å². The predicted molar refractivity (Wildman–Crippen MR) is 75.7 cm³/mol. The highest BCUT2D eigenvalue weighted by Gasteiger charge is 2.26. The highest BCUT2D eigenvalue weighted by molar-refractivity contribution is 7.89. The maximum Gasteiger partial charge on any atom is 0.244 e. The zero-order chi connectivity index (χ0) is 14.8. The quantitative estimate of drug-likeness (QED) is 0.837. The van der Waals surface area contributed by atoms with Gasteiger partial charge in [0.2, 0.25) is 10.0 Å². The third-order valence-electron chi connectivity index (χ3n) is 3.95. The van der Waals surface area contributed by atoms with E-state index in [2.05, 4.69) is 11.6 Å². The van der Waals surface area contributed by atoms with Crippen LogP contribution in [-0.2, 0) is 16.6 Å². The molecule has 0 aromatic carbocycles. The molecule has 1 aliphatic carbocycles. The first kappa shape index (κ1) is 15.5. The maximum absolute atomic E-state index is 12.4. The molecule has 2 N–H and O–H groups in total. The molecular formula is C14H23NO4S. The fraction of sp³-hybridized carbons (Fsp3) is 0.714. The van der Waals surface area contributed by atoms with Gasteiger partial charge < -0.3 is 9.52 Å². The Morgan fingerprint density at radius 3 is 2.75 bits per heavy atom. The molecule has 0 radical (unpaired) electrons. The number of furan rings is 1. The molecule has 114 valence electrons. The van der Waals surface area contributed by atoms with Gasteiger partial charge in [-0.25, -0.2) is 13.1 Å². The van der Waals surface area contributed by atoms with Crippen LogP contribution in [0.15, 0.2) is 15.4 Å². The van der Waals surface area contributed by atoms with Crippen molar-refractivity contribution < 1.29 is 17.9 Å². The Morgan fingerprint density at radius 1 is 1.35 bits per heavy atom. The van der Waals surface area contributed by atoms with Crippen molar-refractivity contribution in [3.8, 4) is 0 Å². The van der Waals surface area contributed by atoms with Crippen molar-refractivity contribution in [2.75, 3.05) is 0 Å². The van der Waals surface area contributed by atoms with E-state index in [9.17, 15) is 8.42 Å². The summed E-state index contributed by atoms with van der Waals surface area (Å²) in [5.41, 5.74) is 0. The molecule has 6 heteroatoms. The van der Waals surface area contributed by atoms with Crippen LogP contribution in [0, 0.1) is 12.8 Å². The van der Waals surface area contributed by atoms with E-state index >= 15 is 0 Å². The van der Waals surface area contributed by atoms with E-state index in [4.69, 9.17) is 9.52 Å². The number of aliphatic hydroxyl groups is 1. The summed E-state index contributed by atoms with van der Waals surface area (Å²) in [5.74, 6) is 1.27. The molecule has 5 nitrogen and oxygen atoms in total. The van der Waals surface area contributed by atoms with Crippen LogP contribution in [0.1, 0.15) is 50.5 Å². The Kier molecular flexibility index (Phi) is 4.88. The van der Waals surface area contributed by atoms with Gasteiger partial charge in [-0.3, -0.25) is 0 Å². The van der Waals surface area contributed by atoms with Crippen LogP contribution in [0.5, 0.6) is 0 Å². The SMILES string of the molecule is Cc1oc(CO)cc1S(=O)(=O)NC1CCCC(C)CC1. The Labute approximate surface area is 120 Å². The molecule has 0 spiro atoms. The lowest BCUT2D eigenvalue weighted by Crippen LogP contribution is -2.34. The molecule has 0 bridgehead atoms. The predicted octanol–water partition coefficient (Wildman–Crippen LogP) is 2.33. The van der Waals surface area contributed by atoms with Crippen LogP contribution in [0.4, 0.5) is 0 Å². The fourth-order valence-corrected chi connectivity index (χ4v) is 4.27. The molecule has 1 aromatic heterocycles. The second-order valence-electron chi connectivity index (χ2n) is 5.72. The van der Waals surface area contributed by atoms with Crippen LogP contribution in [-0.4, -0.2) is 19.6 Å². The van der Waals surface area contributed by atoms with Gasteiger partial charge in [-0.15, -0.1) is 0 Å². The zero-order valence-corrected chi connectivity index (χ0v) is 12.9. The van der Waals surface area contributed by atoms with E-state index in [0.717, 1.165) is 32.1 Å². The minimum absolute atomic E-state index is 0.00294. The Morgan fingerprint density at radius 2 is 2.10 bits per heavy atom. The molecular weight excluding hydrogens is 278 g/mol. The minimum atomic E-state index is -3.57. The van der Waals surface area contributed by atoms with Crippen LogP contribution in [0.3, 0.4) is 0 Å². The normalized spacial score (nSPS) is 24.6. The number of aryl methyl sites for hydroxylation is 1. The minimum Gasteiger partial charge on any atom is -0.462 e. The van der Waals surface area contributed by atoms with E-state index in [0.29, 0.717) is 11.7 Å². The smallest absolute Gasteiger partial charge is 0.244 e. The summed E-state index contributed by atoms with van der Waals surface area (Å²) >= 11 is 0. The van der Waals surface area contributed by atoms with Crippen LogP contribution in [0.2, 0.25) is 0 Å². The van der Waals surface area contributed by atoms with Gasteiger partial charge in [0.1, 0.15) is 23.0 Å². The van der Waals surface area contributed by atoms with Crippen molar-refractivity contribution in [2.45, 2.75) is 63.5 Å². The number of hydrogen-bond donors (Lipinski definition) is 2. The van der Waals surface area contributed by atoms with Gasteiger partial charge in [-0.1, -0.05) is 19.8 Å². The summed E-state index contributed by atoms with van der Waals surface area (Å²) in [4.78, 5) is 0.138. The Bertz CT molecular complexity index is 550. The molecule has 1 aliphatic rings. The molecule has 20 heavy (non-hydrogen) atoms. The van der Waals surface area contributed by atoms with Gasteiger partial charge in [-0.05, 0) is 32.1 Å². The van der Waals surface area contributed by atoms with Crippen LogP contribution < -0.4 is 4.72 Å². The molecule has 1 saturated carbocycles. The van der Waals surface area contributed by atoms with Crippen molar-refractivity contribution in [1.29, 1.82) is 0 Å². The van der Waals surface area contributed by atoms with Crippen molar-refractivity contribution in [3.63, 3.8) is 0 Å². The van der Waals surface area contributed by atoms with E-state index in [1.54, 1.807) is 6.92 Å². The number of sulfonamides is 1. The monoisotopic (exact) mass is 301 g/mol. The largest absolute Gasteiger partial charge is 0.462 e. The molecule has 0 aliphatic heterocycles. The third kappa shape index (κ3) is 3.62.